The van der Waals surface area contributed by atoms with Gasteiger partial charge in [0.25, 0.3) is 10.2 Å². The molecule has 1 fully saturated rings. The smallest absolute Gasteiger partial charge is 0.279 e. The highest BCUT2D eigenvalue weighted by molar-refractivity contribution is 7.87. The molecule has 0 aromatic heterocycles. The Morgan fingerprint density at radius 1 is 1.30 bits per heavy atom. The van der Waals surface area contributed by atoms with Crippen molar-refractivity contribution in [1.82, 2.24) is 14.3 Å². The maximum Gasteiger partial charge on any atom is 0.279 e. The van der Waals surface area contributed by atoms with Gasteiger partial charge in [-0.25, -0.2) is 4.72 Å². The summed E-state index contributed by atoms with van der Waals surface area (Å²) in [5, 5.41) is 2.78. The van der Waals surface area contributed by atoms with Crippen molar-refractivity contribution in [3.8, 4) is 0 Å². The van der Waals surface area contributed by atoms with Crippen LogP contribution in [0, 0.1) is 5.92 Å². The first kappa shape index (κ1) is 17.9. The first-order valence-corrected chi connectivity index (χ1v) is 9.47. The molecule has 1 aromatic rings. The van der Waals surface area contributed by atoms with Crippen molar-refractivity contribution in [3.05, 3.63) is 35.9 Å². The fraction of sp³-hybridized carbons (Fsp3) is 0.562. The minimum absolute atomic E-state index is 0.119. The molecule has 23 heavy (non-hydrogen) atoms. The lowest BCUT2D eigenvalue weighted by Gasteiger charge is -2.29. The number of benzene rings is 1. The van der Waals surface area contributed by atoms with Gasteiger partial charge in [-0.05, 0) is 24.3 Å². The summed E-state index contributed by atoms with van der Waals surface area (Å²) in [6.07, 6.45) is 2.09. The van der Waals surface area contributed by atoms with Crippen molar-refractivity contribution in [2.45, 2.75) is 32.7 Å². The van der Waals surface area contributed by atoms with E-state index in [9.17, 15) is 13.2 Å². The van der Waals surface area contributed by atoms with E-state index >= 15 is 0 Å². The summed E-state index contributed by atoms with van der Waals surface area (Å²) in [7, 11) is -3.48. The van der Waals surface area contributed by atoms with Crippen LogP contribution in [-0.4, -0.2) is 38.3 Å². The molecule has 1 atom stereocenters. The first-order valence-electron chi connectivity index (χ1n) is 8.03. The second-order valence-corrected chi connectivity index (χ2v) is 7.77. The Morgan fingerprint density at radius 2 is 2.04 bits per heavy atom. The normalized spacial score (nSPS) is 19.4. The van der Waals surface area contributed by atoms with E-state index in [1.54, 1.807) is 0 Å². The number of rotatable bonds is 7. The number of nitrogens with one attached hydrogen (secondary N) is 2. The standard InChI is InChI=1S/C16H25N3O3S/c1-14-6-5-11-19(13-14)23(21,22)18-10-9-16(20)17-12-15-7-3-2-4-8-15/h2-4,7-8,14,18H,5-6,9-13H2,1H3,(H,17,20)/t14-/m1/s1. The van der Waals surface area contributed by atoms with Crippen molar-refractivity contribution in [2.75, 3.05) is 19.6 Å². The van der Waals surface area contributed by atoms with Crippen molar-refractivity contribution >= 4 is 16.1 Å². The molecule has 2 rings (SSSR count). The van der Waals surface area contributed by atoms with Gasteiger partial charge in [0.1, 0.15) is 0 Å². The van der Waals surface area contributed by atoms with Crippen LogP contribution in [0.25, 0.3) is 0 Å². The van der Waals surface area contributed by atoms with Crippen LogP contribution in [0.15, 0.2) is 30.3 Å². The SMILES string of the molecule is C[C@@H]1CCCN(S(=O)(=O)NCCC(=O)NCc2ccccc2)C1. The second kappa shape index (κ2) is 8.42. The number of carbonyl (C=O) groups is 1. The van der Waals surface area contributed by atoms with E-state index in [0.717, 1.165) is 18.4 Å². The highest BCUT2D eigenvalue weighted by Crippen LogP contribution is 2.17. The van der Waals surface area contributed by atoms with Gasteiger partial charge in [0.15, 0.2) is 0 Å². The van der Waals surface area contributed by atoms with E-state index in [0.29, 0.717) is 25.6 Å². The summed E-state index contributed by atoms with van der Waals surface area (Å²) in [4.78, 5) is 11.8. The number of hydrogen-bond acceptors (Lipinski definition) is 3. The number of carbonyl (C=O) groups excluding carboxylic acids is 1. The third-order valence-corrected chi connectivity index (χ3v) is 5.51. The van der Waals surface area contributed by atoms with E-state index in [1.807, 2.05) is 30.3 Å². The summed E-state index contributed by atoms with van der Waals surface area (Å²) in [5.74, 6) is 0.220. The van der Waals surface area contributed by atoms with E-state index in [1.165, 1.54) is 4.31 Å². The molecule has 2 N–H and O–H groups in total. The molecule has 1 aliphatic rings. The maximum absolute atomic E-state index is 12.2. The summed E-state index contributed by atoms with van der Waals surface area (Å²) in [6.45, 7) is 3.73. The molecule has 6 nitrogen and oxygen atoms in total. The van der Waals surface area contributed by atoms with Crippen LogP contribution in [0.4, 0.5) is 0 Å². The fourth-order valence-corrected chi connectivity index (χ4v) is 4.00. The van der Waals surface area contributed by atoms with Crippen LogP contribution >= 0.6 is 0 Å². The van der Waals surface area contributed by atoms with E-state index < -0.39 is 10.2 Å². The molecule has 1 amide bonds. The van der Waals surface area contributed by atoms with Crippen LogP contribution in [0.1, 0.15) is 31.7 Å². The predicted octanol–water partition coefficient (Wildman–Crippen LogP) is 1.26. The predicted molar refractivity (Wildman–Crippen MR) is 89.8 cm³/mol. The van der Waals surface area contributed by atoms with Crippen LogP contribution in [0.3, 0.4) is 0 Å². The largest absolute Gasteiger partial charge is 0.352 e. The lowest BCUT2D eigenvalue weighted by atomic mass is 10.0. The lowest BCUT2D eigenvalue weighted by molar-refractivity contribution is -0.121. The van der Waals surface area contributed by atoms with Crippen molar-refractivity contribution < 1.29 is 13.2 Å². The third kappa shape index (κ3) is 5.93. The van der Waals surface area contributed by atoms with Gasteiger partial charge in [-0.2, -0.15) is 12.7 Å². The Morgan fingerprint density at radius 3 is 2.74 bits per heavy atom. The number of amides is 1. The average Bonchev–Trinajstić information content (AvgIpc) is 2.54. The highest BCUT2D eigenvalue weighted by Gasteiger charge is 2.26. The molecule has 0 spiro atoms. The molecule has 1 aromatic carbocycles. The lowest BCUT2D eigenvalue weighted by Crippen LogP contribution is -2.46. The molecule has 1 heterocycles. The van der Waals surface area contributed by atoms with Crippen molar-refractivity contribution in [2.24, 2.45) is 5.92 Å². The van der Waals surface area contributed by atoms with Gasteiger partial charge < -0.3 is 5.32 Å². The van der Waals surface area contributed by atoms with Gasteiger partial charge >= 0.3 is 0 Å². The van der Waals surface area contributed by atoms with Crippen LogP contribution in [0.2, 0.25) is 0 Å². The third-order valence-electron chi connectivity index (χ3n) is 3.93. The topological polar surface area (TPSA) is 78.5 Å². The van der Waals surface area contributed by atoms with E-state index in [2.05, 4.69) is 17.0 Å². The molecule has 1 aliphatic heterocycles. The van der Waals surface area contributed by atoms with Gasteiger partial charge in [-0.1, -0.05) is 37.3 Å². The van der Waals surface area contributed by atoms with E-state index in [4.69, 9.17) is 0 Å². The van der Waals surface area contributed by atoms with Gasteiger partial charge in [-0.3, -0.25) is 4.79 Å². The molecule has 0 aliphatic carbocycles. The Bertz CT molecular complexity index is 604. The first-order chi connectivity index (χ1) is 11.0. The summed E-state index contributed by atoms with van der Waals surface area (Å²) in [5.41, 5.74) is 1.02. The Hall–Kier alpha value is -1.44. The number of nitrogens with zero attached hydrogens (tertiary/aromatic N) is 1. The zero-order valence-electron chi connectivity index (χ0n) is 13.5. The van der Waals surface area contributed by atoms with Gasteiger partial charge in [-0.15, -0.1) is 0 Å². The second-order valence-electron chi connectivity index (χ2n) is 6.02. The molecule has 128 valence electrons. The maximum atomic E-state index is 12.2. The van der Waals surface area contributed by atoms with Crippen LogP contribution < -0.4 is 10.0 Å². The molecule has 0 saturated carbocycles. The fourth-order valence-electron chi connectivity index (χ4n) is 2.63. The average molecular weight is 339 g/mol. The Kier molecular flexibility index (Phi) is 6.56. The molecule has 1 saturated heterocycles. The van der Waals surface area contributed by atoms with Crippen LogP contribution in [-0.2, 0) is 21.5 Å². The zero-order chi connectivity index (χ0) is 16.7. The van der Waals surface area contributed by atoms with Gasteiger partial charge in [0.2, 0.25) is 5.91 Å². The zero-order valence-corrected chi connectivity index (χ0v) is 14.3. The molecule has 0 radical (unpaired) electrons. The summed E-state index contributed by atoms with van der Waals surface area (Å²) >= 11 is 0. The monoisotopic (exact) mass is 339 g/mol. The highest BCUT2D eigenvalue weighted by atomic mass is 32.2. The van der Waals surface area contributed by atoms with Crippen molar-refractivity contribution in [1.29, 1.82) is 0 Å². The molecular weight excluding hydrogens is 314 g/mol. The van der Waals surface area contributed by atoms with Crippen LogP contribution in [0.5, 0.6) is 0 Å². The van der Waals surface area contributed by atoms with Gasteiger partial charge in [0, 0.05) is 32.6 Å². The minimum atomic E-state index is -3.48. The van der Waals surface area contributed by atoms with Crippen molar-refractivity contribution in [3.63, 3.8) is 0 Å². The van der Waals surface area contributed by atoms with E-state index in [-0.39, 0.29) is 18.9 Å². The molecule has 0 unspecified atom stereocenters. The molecule has 7 heteroatoms. The molecule has 0 bridgehead atoms. The summed E-state index contributed by atoms with van der Waals surface area (Å²) in [6, 6.07) is 9.60. The summed E-state index contributed by atoms with van der Waals surface area (Å²) < 4.78 is 28.3. The quantitative estimate of drug-likeness (QED) is 0.785. The number of piperidine rings is 1. The number of hydrogen-bond donors (Lipinski definition) is 2. The molecular formula is C16H25N3O3S. The Labute approximate surface area is 138 Å². The Balaban J connectivity index is 1.70. The minimum Gasteiger partial charge on any atom is -0.352 e. The van der Waals surface area contributed by atoms with Gasteiger partial charge in [0.05, 0.1) is 0 Å².